The topological polar surface area (TPSA) is 33.6 Å². The van der Waals surface area contributed by atoms with Gasteiger partial charge in [-0.15, -0.1) is 0 Å². The van der Waals surface area contributed by atoms with E-state index in [0.29, 0.717) is 5.56 Å². The Labute approximate surface area is 272 Å². The molecule has 0 spiro atoms. The van der Waals surface area contributed by atoms with E-state index in [-0.39, 0.29) is 0 Å². The van der Waals surface area contributed by atoms with E-state index in [1.165, 1.54) is 49.4 Å². The zero-order valence-electron chi connectivity index (χ0n) is 25.9. The van der Waals surface area contributed by atoms with Gasteiger partial charge in [-0.2, -0.15) is 5.26 Å². The molecule has 0 saturated heterocycles. The fourth-order valence-electron chi connectivity index (χ4n) is 7.26. The van der Waals surface area contributed by atoms with E-state index in [0.717, 1.165) is 33.4 Å². The number of aryl methyl sites for hydroxylation is 1. The third kappa shape index (κ3) is 4.27. The van der Waals surface area contributed by atoms with E-state index in [9.17, 15) is 5.26 Å². The Hall–Kier alpha value is -6.37. The molecule has 220 valence electrons. The summed E-state index contributed by atoms with van der Waals surface area (Å²) in [6.07, 6.45) is 0. The number of hydrogen-bond donors (Lipinski definition) is 0. The number of para-hydroxylation sites is 3. The molecule has 0 fully saturated rings. The van der Waals surface area contributed by atoms with Crippen LogP contribution in [0.4, 0.5) is 0 Å². The number of nitriles is 1. The van der Waals surface area contributed by atoms with Crippen molar-refractivity contribution in [1.29, 1.82) is 5.26 Å². The van der Waals surface area contributed by atoms with Crippen LogP contribution in [0.15, 0.2) is 158 Å². The molecule has 0 radical (unpaired) electrons. The predicted octanol–water partition coefficient (Wildman–Crippen LogP) is 11.4. The van der Waals surface area contributed by atoms with Crippen LogP contribution in [0.5, 0.6) is 0 Å². The van der Waals surface area contributed by atoms with Crippen LogP contribution in [-0.4, -0.2) is 9.13 Å². The molecule has 2 aromatic heterocycles. The third-order valence-corrected chi connectivity index (χ3v) is 9.45. The van der Waals surface area contributed by atoms with Crippen LogP contribution in [0, 0.1) is 18.3 Å². The maximum Gasteiger partial charge on any atom is 0.0992 e. The molecule has 9 rings (SSSR count). The summed E-state index contributed by atoms with van der Waals surface area (Å²) < 4.78 is 4.66. The first-order chi connectivity index (χ1) is 23.2. The van der Waals surface area contributed by atoms with Gasteiger partial charge in [-0.05, 0) is 95.4 Å². The number of nitrogens with zero attached hydrogens (tertiary/aromatic N) is 3. The summed E-state index contributed by atoms with van der Waals surface area (Å²) in [4.78, 5) is 0. The predicted molar refractivity (Wildman–Crippen MR) is 195 cm³/mol. The second kappa shape index (κ2) is 10.6. The van der Waals surface area contributed by atoms with Crippen molar-refractivity contribution < 1.29 is 0 Å². The van der Waals surface area contributed by atoms with Gasteiger partial charge in [0.1, 0.15) is 0 Å². The van der Waals surface area contributed by atoms with Crippen LogP contribution < -0.4 is 0 Å². The summed E-state index contributed by atoms with van der Waals surface area (Å²) in [5.41, 5.74) is 13.0. The first-order valence-corrected chi connectivity index (χ1v) is 15.9. The van der Waals surface area contributed by atoms with Gasteiger partial charge in [0.05, 0.1) is 33.7 Å². The van der Waals surface area contributed by atoms with E-state index < -0.39 is 0 Å². The van der Waals surface area contributed by atoms with Crippen LogP contribution in [0.25, 0.3) is 77.2 Å². The Morgan fingerprint density at radius 1 is 0.426 bits per heavy atom. The lowest BCUT2D eigenvalue weighted by Crippen LogP contribution is -1.97. The van der Waals surface area contributed by atoms with Crippen LogP contribution in [-0.2, 0) is 0 Å². The number of rotatable bonds is 4. The van der Waals surface area contributed by atoms with Gasteiger partial charge < -0.3 is 9.13 Å². The van der Waals surface area contributed by atoms with Gasteiger partial charge in [0.2, 0.25) is 0 Å². The molecular formula is C44H29N3. The fraction of sp³-hybridized carbons (Fsp3) is 0.0227. The summed E-state index contributed by atoms with van der Waals surface area (Å²) in [5, 5.41) is 15.0. The molecule has 0 N–H and O–H groups in total. The van der Waals surface area contributed by atoms with Gasteiger partial charge >= 0.3 is 0 Å². The normalized spacial score (nSPS) is 11.5. The lowest BCUT2D eigenvalue weighted by Gasteiger charge is -2.13. The summed E-state index contributed by atoms with van der Waals surface area (Å²) >= 11 is 0. The van der Waals surface area contributed by atoms with Crippen molar-refractivity contribution in [3.05, 3.63) is 169 Å². The molecule has 0 bridgehead atoms. The molecule has 3 heteroatoms. The minimum absolute atomic E-state index is 0.633. The van der Waals surface area contributed by atoms with Crippen LogP contribution in [0.3, 0.4) is 0 Å². The minimum Gasteiger partial charge on any atom is -0.309 e. The highest BCUT2D eigenvalue weighted by molar-refractivity contribution is 6.12. The average Bonchev–Trinajstić information content (AvgIpc) is 3.64. The highest BCUT2D eigenvalue weighted by Crippen LogP contribution is 2.39. The highest BCUT2D eigenvalue weighted by atomic mass is 15.0. The Kier molecular flexibility index (Phi) is 6.10. The Bertz CT molecular complexity index is 2650. The van der Waals surface area contributed by atoms with Crippen molar-refractivity contribution in [3.8, 4) is 39.7 Å². The number of fused-ring (bicyclic) bond motifs is 6. The smallest absolute Gasteiger partial charge is 0.0992 e. The van der Waals surface area contributed by atoms with Gasteiger partial charge in [0, 0.05) is 32.9 Å². The average molecular weight is 600 g/mol. The SMILES string of the molecule is Cc1ccccc1-n1c2ccc(-c3ccccc3)cc2c2cc(-c3cc(C#N)cc(-n4c5ccccc5c5ccccc54)c3)ccc21. The Balaban J connectivity index is 1.30. The summed E-state index contributed by atoms with van der Waals surface area (Å²) in [6, 6.07) is 58.3. The van der Waals surface area contributed by atoms with Crippen LogP contribution >= 0.6 is 0 Å². The molecule has 0 atom stereocenters. The lowest BCUT2D eigenvalue weighted by atomic mass is 9.99. The Morgan fingerprint density at radius 3 is 1.62 bits per heavy atom. The lowest BCUT2D eigenvalue weighted by molar-refractivity contribution is 1.15. The van der Waals surface area contributed by atoms with Gasteiger partial charge in [-0.1, -0.05) is 97.1 Å². The molecule has 0 aliphatic rings. The number of hydrogen-bond acceptors (Lipinski definition) is 1. The highest BCUT2D eigenvalue weighted by Gasteiger charge is 2.17. The largest absolute Gasteiger partial charge is 0.309 e. The van der Waals surface area contributed by atoms with E-state index in [2.05, 4.69) is 168 Å². The minimum atomic E-state index is 0.633. The maximum atomic E-state index is 10.2. The molecule has 0 amide bonds. The molecule has 0 unspecified atom stereocenters. The van der Waals surface area contributed by atoms with Gasteiger partial charge in [-0.25, -0.2) is 0 Å². The molecule has 0 aliphatic carbocycles. The van der Waals surface area contributed by atoms with Crippen molar-refractivity contribution in [3.63, 3.8) is 0 Å². The second-order valence-electron chi connectivity index (χ2n) is 12.2. The quantitative estimate of drug-likeness (QED) is 0.198. The number of aromatic nitrogens is 2. The molecule has 3 nitrogen and oxygen atoms in total. The van der Waals surface area contributed by atoms with Crippen LogP contribution in [0.2, 0.25) is 0 Å². The first-order valence-electron chi connectivity index (χ1n) is 15.9. The summed E-state index contributed by atoms with van der Waals surface area (Å²) in [6.45, 7) is 2.17. The molecule has 9 aromatic rings. The molecular weight excluding hydrogens is 571 g/mol. The van der Waals surface area contributed by atoms with Gasteiger partial charge in [0.25, 0.3) is 0 Å². The standard InChI is InChI=1S/C44H29N3/c1-29-11-5-8-16-40(29)47-43-21-19-32(31-12-3-2-4-13-31)26-38(43)39-27-33(20-22-44(39)47)34-23-30(28-45)24-35(25-34)46-41-17-9-6-14-36(41)37-15-7-10-18-42(37)46/h2-27H,1H3. The molecule has 2 heterocycles. The van der Waals surface area contributed by atoms with Gasteiger partial charge in [-0.3, -0.25) is 0 Å². The molecule has 0 saturated carbocycles. The van der Waals surface area contributed by atoms with Crippen molar-refractivity contribution in [2.24, 2.45) is 0 Å². The van der Waals surface area contributed by atoms with E-state index in [4.69, 9.17) is 0 Å². The fourth-order valence-corrected chi connectivity index (χ4v) is 7.26. The Morgan fingerprint density at radius 2 is 0.979 bits per heavy atom. The van der Waals surface area contributed by atoms with E-state index >= 15 is 0 Å². The van der Waals surface area contributed by atoms with E-state index in [1.54, 1.807) is 0 Å². The van der Waals surface area contributed by atoms with Crippen molar-refractivity contribution in [1.82, 2.24) is 9.13 Å². The van der Waals surface area contributed by atoms with E-state index in [1.807, 2.05) is 12.1 Å². The third-order valence-electron chi connectivity index (χ3n) is 9.45. The second-order valence-corrected chi connectivity index (χ2v) is 12.2. The molecule has 0 aliphatic heterocycles. The molecule has 47 heavy (non-hydrogen) atoms. The first kappa shape index (κ1) is 27.0. The zero-order valence-corrected chi connectivity index (χ0v) is 25.9. The van der Waals surface area contributed by atoms with Crippen molar-refractivity contribution in [2.75, 3.05) is 0 Å². The monoisotopic (exact) mass is 599 g/mol. The van der Waals surface area contributed by atoms with Crippen molar-refractivity contribution >= 4 is 43.6 Å². The summed E-state index contributed by atoms with van der Waals surface area (Å²) in [7, 11) is 0. The van der Waals surface area contributed by atoms with Crippen LogP contribution in [0.1, 0.15) is 11.1 Å². The zero-order chi connectivity index (χ0) is 31.5. The summed E-state index contributed by atoms with van der Waals surface area (Å²) in [5.74, 6) is 0. The number of benzene rings is 7. The maximum absolute atomic E-state index is 10.2. The van der Waals surface area contributed by atoms with Gasteiger partial charge in [0.15, 0.2) is 0 Å². The molecule has 7 aromatic carbocycles. The van der Waals surface area contributed by atoms with Crippen molar-refractivity contribution in [2.45, 2.75) is 6.92 Å².